The second-order valence-corrected chi connectivity index (χ2v) is 7.63. The van der Waals surface area contributed by atoms with Gasteiger partial charge in [0.05, 0.1) is 6.10 Å². The van der Waals surface area contributed by atoms with Gasteiger partial charge in [-0.2, -0.15) is 0 Å². The molecule has 0 radical (unpaired) electrons. The van der Waals surface area contributed by atoms with E-state index in [9.17, 15) is 24.9 Å². The number of nitrogens with one attached hydrogen (secondary N) is 1. The zero-order valence-electron chi connectivity index (χ0n) is 15.7. The summed E-state index contributed by atoms with van der Waals surface area (Å²) in [6.45, 7) is 7.48. The molecule has 6 heteroatoms. The summed E-state index contributed by atoms with van der Waals surface area (Å²) in [7, 11) is 1.66. The maximum atomic E-state index is 12.7. The Balaban J connectivity index is 3.36. The molecule has 0 heterocycles. The van der Waals surface area contributed by atoms with Crippen molar-refractivity contribution in [3.8, 4) is 0 Å². The molecular formula is C19H31NO5. The van der Waals surface area contributed by atoms with Crippen LogP contribution in [0.25, 0.3) is 0 Å². The van der Waals surface area contributed by atoms with Gasteiger partial charge in [0.1, 0.15) is 0 Å². The number of hydrogen-bond donors (Lipinski definition) is 4. The van der Waals surface area contributed by atoms with E-state index in [4.69, 9.17) is 0 Å². The number of Topliss-reactive ketones (excluding diaryl/α,β-unsaturated/α-hetero) is 2. The summed E-state index contributed by atoms with van der Waals surface area (Å²) in [5.41, 5.74) is -4.43. The Morgan fingerprint density at radius 3 is 1.96 bits per heavy atom. The standard InChI is InChI=1S/C19H31NO5/c1-12(2)8-16(22)18(24)7-6-14(15(21)11-20-5)10-19(18,25)17(23)9-13(3)4/h6-7,10,12-13,15,20-21,24-25H,8-9,11H2,1-5H3. The lowest BCUT2D eigenvalue weighted by molar-refractivity contribution is -0.165. The van der Waals surface area contributed by atoms with Gasteiger partial charge in [-0.25, -0.2) is 0 Å². The number of aliphatic hydroxyl groups excluding tert-OH is 1. The van der Waals surface area contributed by atoms with Gasteiger partial charge < -0.3 is 20.6 Å². The van der Waals surface area contributed by atoms with Crippen LogP contribution in [0.1, 0.15) is 40.5 Å². The highest BCUT2D eigenvalue weighted by molar-refractivity contribution is 6.03. The Labute approximate surface area is 149 Å². The molecule has 4 N–H and O–H groups in total. The highest BCUT2D eigenvalue weighted by Gasteiger charge is 2.57. The summed E-state index contributed by atoms with van der Waals surface area (Å²) in [6, 6.07) is 0. The molecule has 25 heavy (non-hydrogen) atoms. The molecule has 0 aromatic heterocycles. The molecule has 3 atom stereocenters. The lowest BCUT2D eigenvalue weighted by Crippen LogP contribution is -2.63. The van der Waals surface area contributed by atoms with E-state index >= 15 is 0 Å². The summed E-state index contributed by atoms with van der Waals surface area (Å²) in [4.78, 5) is 25.3. The maximum Gasteiger partial charge on any atom is 0.181 e. The average Bonchev–Trinajstić information content (AvgIpc) is 2.48. The minimum atomic E-state index is -2.39. The second kappa shape index (κ2) is 8.36. The van der Waals surface area contributed by atoms with Gasteiger partial charge in [-0.1, -0.05) is 33.8 Å². The van der Waals surface area contributed by atoms with Gasteiger partial charge in [0.15, 0.2) is 22.8 Å². The zero-order valence-corrected chi connectivity index (χ0v) is 15.7. The van der Waals surface area contributed by atoms with Crippen LogP contribution >= 0.6 is 0 Å². The van der Waals surface area contributed by atoms with Gasteiger partial charge >= 0.3 is 0 Å². The molecule has 0 saturated carbocycles. The number of aliphatic hydroxyl groups is 3. The molecule has 0 aliphatic heterocycles. The molecule has 1 rings (SSSR count). The third-order valence-corrected chi connectivity index (χ3v) is 4.29. The van der Waals surface area contributed by atoms with Crippen molar-refractivity contribution in [2.24, 2.45) is 11.8 Å². The Kier molecular flexibility index (Phi) is 7.26. The monoisotopic (exact) mass is 353 g/mol. The van der Waals surface area contributed by atoms with E-state index in [1.54, 1.807) is 7.05 Å². The van der Waals surface area contributed by atoms with E-state index in [0.29, 0.717) is 0 Å². The van der Waals surface area contributed by atoms with Gasteiger partial charge in [-0.3, -0.25) is 9.59 Å². The first-order valence-electron chi connectivity index (χ1n) is 8.74. The average molecular weight is 353 g/mol. The topological polar surface area (TPSA) is 107 Å². The SMILES string of the molecule is CNCC(O)C1=CC(O)(C(=O)CC(C)C)C(O)(C(=O)CC(C)C)C=C1. The van der Waals surface area contributed by atoms with Gasteiger partial charge in [-0.05, 0) is 36.6 Å². The third-order valence-electron chi connectivity index (χ3n) is 4.29. The van der Waals surface area contributed by atoms with Crippen molar-refractivity contribution in [2.45, 2.75) is 57.8 Å². The van der Waals surface area contributed by atoms with Crippen molar-refractivity contribution in [3.05, 3.63) is 23.8 Å². The predicted octanol–water partition coefficient (Wildman–Crippen LogP) is 0.755. The summed E-state index contributed by atoms with van der Waals surface area (Å²) in [5.74, 6) is -1.34. The summed E-state index contributed by atoms with van der Waals surface area (Å²) >= 11 is 0. The van der Waals surface area contributed by atoms with Crippen molar-refractivity contribution >= 4 is 11.6 Å². The molecule has 1 aliphatic carbocycles. The van der Waals surface area contributed by atoms with Gasteiger partial charge in [0, 0.05) is 19.4 Å². The quantitative estimate of drug-likeness (QED) is 0.487. The van der Waals surface area contributed by atoms with E-state index in [0.717, 1.165) is 12.2 Å². The molecule has 0 spiro atoms. The third kappa shape index (κ3) is 4.64. The van der Waals surface area contributed by atoms with Crippen LogP contribution in [0.2, 0.25) is 0 Å². The molecule has 0 bridgehead atoms. The van der Waals surface area contributed by atoms with Crippen LogP contribution in [-0.4, -0.2) is 57.8 Å². The fraction of sp³-hybridized carbons (Fsp3) is 0.684. The van der Waals surface area contributed by atoms with Crippen LogP contribution < -0.4 is 5.32 Å². The van der Waals surface area contributed by atoms with Gasteiger partial charge in [-0.15, -0.1) is 0 Å². The Morgan fingerprint density at radius 2 is 1.52 bits per heavy atom. The Morgan fingerprint density at radius 1 is 1.04 bits per heavy atom. The number of rotatable bonds is 9. The molecule has 1 aliphatic rings. The number of ketones is 2. The number of hydrogen-bond acceptors (Lipinski definition) is 6. The molecule has 0 saturated heterocycles. The van der Waals surface area contributed by atoms with E-state index in [-0.39, 0.29) is 36.8 Å². The van der Waals surface area contributed by atoms with Crippen LogP contribution in [0.3, 0.4) is 0 Å². The van der Waals surface area contributed by atoms with Crippen molar-refractivity contribution in [2.75, 3.05) is 13.6 Å². The number of likely N-dealkylation sites (N-methyl/N-ethyl adjacent to an activating group) is 1. The maximum absolute atomic E-state index is 12.7. The van der Waals surface area contributed by atoms with E-state index in [2.05, 4.69) is 5.32 Å². The van der Waals surface area contributed by atoms with Crippen LogP contribution in [0.15, 0.2) is 23.8 Å². The molecule has 0 aromatic rings. The lowest BCUT2D eigenvalue weighted by Gasteiger charge is -2.41. The predicted molar refractivity (Wildman–Crippen MR) is 96.0 cm³/mol. The number of carbonyl (C=O) groups is 2. The Hall–Kier alpha value is -1.34. The van der Waals surface area contributed by atoms with Crippen molar-refractivity contribution in [3.63, 3.8) is 0 Å². The van der Waals surface area contributed by atoms with Crippen molar-refractivity contribution in [1.29, 1.82) is 0 Å². The lowest BCUT2D eigenvalue weighted by atomic mass is 9.69. The minimum Gasteiger partial charge on any atom is -0.387 e. The summed E-state index contributed by atoms with van der Waals surface area (Å²) in [6.07, 6.45) is 2.75. The first-order chi connectivity index (χ1) is 11.5. The second-order valence-electron chi connectivity index (χ2n) is 7.63. The zero-order chi connectivity index (χ0) is 19.4. The minimum absolute atomic E-state index is 0.00745. The number of carbonyl (C=O) groups excluding carboxylic acids is 2. The fourth-order valence-electron chi connectivity index (χ4n) is 2.91. The van der Waals surface area contributed by atoms with Crippen molar-refractivity contribution < 1.29 is 24.9 Å². The van der Waals surface area contributed by atoms with E-state index in [1.807, 2.05) is 27.7 Å². The van der Waals surface area contributed by atoms with E-state index in [1.165, 1.54) is 6.08 Å². The Bertz CT molecular complexity index is 566. The van der Waals surface area contributed by atoms with Crippen molar-refractivity contribution in [1.82, 2.24) is 5.32 Å². The van der Waals surface area contributed by atoms with E-state index < -0.39 is 28.9 Å². The molecule has 142 valence electrons. The van der Waals surface area contributed by atoms with Crippen LogP contribution in [0.5, 0.6) is 0 Å². The largest absolute Gasteiger partial charge is 0.387 e. The first kappa shape index (κ1) is 21.7. The van der Waals surface area contributed by atoms with Gasteiger partial charge in [0.2, 0.25) is 0 Å². The molecule has 0 amide bonds. The van der Waals surface area contributed by atoms with Crippen LogP contribution in [0, 0.1) is 11.8 Å². The molecular weight excluding hydrogens is 322 g/mol. The summed E-state index contributed by atoms with van der Waals surface area (Å²) < 4.78 is 0. The molecule has 6 nitrogen and oxygen atoms in total. The molecule has 0 aromatic carbocycles. The fourth-order valence-corrected chi connectivity index (χ4v) is 2.91. The molecule has 0 fully saturated rings. The normalized spacial score (nSPS) is 27.5. The highest BCUT2D eigenvalue weighted by Crippen LogP contribution is 2.37. The first-order valence-corrected chi connectivity index (χ1v) is 8.74. The van der Waals surface area contributed by atoms with Gasteiger partial charge in [0.25, 0.3) is 0 Å². The summed E-state index contributed by atoms with van der Waals surface area (Å²) in [5, 5.41) is 35.0. The highest BCUT2D eigenvalue weighted by atomic mass is 16.4. The smallest absolute Gasteiger partial charge is 0.181 e. The van der Waals surface area contributed by atoms with Crippen LogP contribution in [0.4, 0.5) is 0 Å². The molecule has 3 unspecified atom stereocenters. The van der Waals surface area contributed by atoms with Crippen LogP contribution in [-0.2, 0) is 9.59 Å².